The molecular weight excluding hydrogens is 508 g/mol. The van der Waals surface area contributed by atoms with Crippen molar-refractivity contribution in [1.82, 2.24) is 9.47 Å². The average molecular weight is 538 g/mol. The molecular formula is C29H29F2N3O3S. The number of halogens is 2. The van der Waals surface area contributed by atoms with Gasteiger partial charge in [0.1, 0.15) is 23.3 Å². The largest absolute Gasteiger partial charge is 0.483 e. The molecule has 1 aliphatic heterocycles. The number of amides is 1. The Morgan fingerprint density at radius 1 is 1.11 bits per heavy atom. The number of aromatic nitrogens is 1. The molecule has 0 atom stereocenters. The van der Waals surface area contributed by atoms with Gasteiger partial charge in [0, 0.05) is 38.3 Å². The van der Waals surface area contributed by atoms with E-state index in [0.717, 1.165) is 23.4 Å². The number of rotatable bonds is 9. The standard InChI is InChI=1S/C29H29F2N3O3S/c1-3-8-22(15-20-11-12-21(30)16-24(20)31)38-28(32)23-17-34-14-13-33(4-2)29(36)25(34)27(26(23)35)37-18-19-9-6-5-7-10-19/h5-12,16-17,32H,3-4,13-15,18H2,1-2H3/b22-8+,32-28?. The Kier molecular flexibility index (Phi) is 8.78. The Bertz CT molecular complexity index is 1440. The Morgan fingerprint density at radius 3 is 2.55 bits per heavy atom. The van der Waals surface area contributed by atoms with Crippen LogP contribution in [0.5, 0.6) is 5.75 Å². The SMILES string of the molecule is CC/C=C(\Cc1ccc(F)cc1F)SC(=N)c1cn2c(c(OCc3ccccc3)c1=O)C(=O)N(CC)CC2. The maximum atomic E-state index is 14.3. The second-order valence-electron chi connectivity index (χ2n) is 8.82. The van der Waals surface area contributed by atoms with E-state index in [9.17, 15) is 18.4 Å². The van der Waals surface area contributed by atoms with Crippen molar-refractivity contribution >= 4 is 22.7 Å². The summed E-state index contributed by atoms with van der Waals surface area (Å²) in [5.41, 5.74) is 0.871. The van der Waals surface area contributed by atoms with Crippen LogP contribution >= 0.6 is 11.8 Å². The lowest BCUT2D eigenvalue weighted by Crippen LogP contribution is -2.42. The molecule has 0 saturated carbocycles. The number of allylic oxidation sites excluding steroid dienone is 2. The number of fused-ring (bicyclic) bond motifs is 1. The van der Waals surface area contributed by atoms with E-state index in [1.807, 2.05) is 50.3 Å². The van der Waals surface area contributed by atoms with Crippen LogP contribution in [0.25, 0.3) is 0 Å². The molecule has 1 aromatic heterocycles. The fraction of sp³-hybridized carbons (Fsp3) is 0.276. The molecule has 0 spiro atoms. The molecule has 0 fully saturated rings. The summed E-state index contributed by atoms with van der Waals surface area (Å²) in [6, 6.07) is 12.7. The van der Waals surface area contributed by atoms with Crippen molar-refractivity contribution in [2.75, 3.05) is 13.1 Å². The molecule has 3 aromatic rings. The molecule has 0 bridgehead atoms. The number of hydrogen-bond donors (Lipinski definition) is 1. The van der Waals surface area contributed by atoms with Crippen LogP contribution in [-0.2, 0) is 19.6 Å². The number of hydrogen-bond acceptors (Lipinski definition) is 5. The fourth-order valence-electron chi connectivity index (χ4n) is 4.26. The molecule has 0 aliphatic carbocycles. The minimum atomic E-state index is -0.663. The highest BCUT2D eigenvalue weighted by atomic mass is 32.2. The van der Waals surface area contributed by atoms with E-state index in [1.54, 1.807) is 9.47 Å². The average Bonchev–Trinajstić information content (AvgIpc) is 2.90. The number of pyridine rings is 1. The van der Waals surface area contributed by atoms with Gasteiger partial charge in [-0.1, -0.05) is 61.2 Å². The highest BCUT2D eigenvalue weighted by molar-refractivity contribution is 8.17. The lowest BCUT2D eigenvalue weighted by Gasteiger charge is -2.30. The van der Waals surface area contributed by atoms with E-state index in [2.05, 4.69) is 0 Å². The maximum absolute atomic E-state index is 14.3. The van der Waals surface area contributed by atoms with Crippen LogP contribution in [0, 0.1) is 17.0 Å². The summed E-state index contributed by atoms with van der Waals surface area (Å²) in [5.74, 6) is -1.69. The molecule has 2 heterocycles. The molecule has 9 heteroatoms. The second-order valence-corrected chi connectivity index (χ2v) is 9.96. The van der Waals surface area contributed by atoms with Gasteiger partial charge in [0.25, 0.3) is 5.91 Å². The Balaban J connectivity index is 1.68. The number of likely N-dealkylation sites (N-methyl/N-ethyl adjacent to an activating group) is 1. The zero-order valence-corrected chi connectivity index (χ0v) is 22.1. The third kappa shape index (κ3) is 6.05. The van der Waals surface area contributed by atoms with E-state index >= 15 is 0 Å². The minimum Gasteiger partial charge on any atom is -0.483 e. The van der Waals surface area contributed by atoms with Gasteiger partial charge in [-0.2, -0.15) is 0 Å². The molecule has 198 valence electrons. The van der Waals surface area contributed by atoms with Gasteiger partial charge in [-0.05, 0) is 35.4 Å². The van der Waals surface area contributed by atoms with Crippen molar-refractivity contribution in [3.05, 3.63) is 110 Å². The number of carbonyl (C=O) groups excluding carboxylic acids is 1. The first-order chi connectivity index (χ1) is 18.3. The molecule has 1 aliphatic rings. The van der Waals surface area contributed by atoms with Crippen molar-refractivity contribution in [3.63, 3.8) is 0 Å². The predicted octanol–water partition coefficient (Wildman–Crippen LogP) is 5.78. The Morgan fingerprint density at radius 2 is 1.87 bits per heavy atom. The molecule has 1 N–H and O–H groups in total. The van der Waals surface area contributed by atoms with E-state index in [1.165, 1.54) is 18.3 Å². The van der Waals surface area contributed by atoms with Crippen molar-refractivity contribution < 1.29 is 18.3 Å². The van der Waals surface area contributed by atoms with Gasteiger partial charge in [-0.3, -0.25) is 15.0 Å². The van der Waals surface area contributed by atoms with Crippen molar-refractivity contribution in [1.29, 1.82) is 5.41 Å². The third-order valence-corrected chi connectivity index (χ3v) is 7.23. The quantitative estimate of drug-likeness (QED) is 0.278. The van der Waals surface area contributed by atoms with Gasteiger partial charge in [-0.15, -0.1) is 0 Å². The van der Waals surface area contributed by atoms with E-state index < -0.39 is 17.1 Å². The number of ether oxygens (including phenoxy) is 1. The number of nitrogens with one attached hydrogen (secondary N) is 1. The fourth-order valence-corrected chi connectivity index (χ4v) is 5.25. The van der Waals surface area contributed by atoms with E-state index in [4.69, 9.17) is 10.1 Å². The molecule has 4 rings (SSSR count). The molecule has 0 saturated heterocycles. The van der Waals surface area contributed by atoms with Crippen LogP contribution < -0.4 is 10.2 Å². The predicted molar refractivity (Wildman–Crippen MR) is 146 cm³/mol. The van der Waals surface area contributed by atoms with Crippen LogP contribution in [-0.4, -0.2) is 33.5 Å². The van der Waals surface area contributed by atoms with Gasteiger partial charge in [-0.25, -0.2) is 8.78 Å². The summed E-state index contributed by atoms with van der Waals surface area (Å²) < 4.78 is 35.3. The van der Waals surface area contributed by atoms with Gasteiger partial charge >= 0.3 is 0 Å². The summed E-state index contributed by atoms with van der Waals surface area (Å²) in [4.78, 5) is 29.2. The highest BCUT2D eigenvalue weighted by Gasteiger charge is 2.31. The van der Waals surface area contributed by atoms with Crippen LogP contribution in [0.1, 0.15) is 47.4 Å². The van der Waals surface area contributed by atoms with Crippen LogP contribution in [0.15, 0.2) is 70.5 Å². The van der Waals surface area contributed by atoms with Gasteiger partial charge < -0.3 is 14.2 Å². The third-order valence-electron chi connectivity index (χ3n) is 6.24. The van der Waals surface area contributed by atoms with Crippen LogP contribution in [0.3, 0.4) is 0 Å². The van der Waals surface area contributed by atoms with Crippen LogP contribution in [0.4, 0.5) is 8.78 Å². The van der Waals surface area contributed by atoms with Gasteiger partial charge in [0.05, 0.1) is 5.56 Å². The van der Waals surface area contributed by atoms with E-state index in [0.29, 0.717) is 36.5 Å². The second kappa shape index (κ2) is 12.2. The number of thioether (sulfide) groups is 1. The zero-order valence-electron chi connectivity index (χ0n) is 21.3. The molecule has 1 amide bonds. The number of carbonyl (C=O) groups is 1. The molecule has 6 nitrogen and oxygen atoms in total. The number of benzene rings is 2. The minimum absolute atomic E-state index is 0.0394. The van der Waals surface area contributed by atoms with Crippen molar-refractivity contribution in [2.45, 2.75) is 39.8 Å². The Hall–Kier alpha value is -3.72. The lowest BCUT2D eigenvalue weighted by molar-refractivity contribution is 0.0704. The summed E-state index contributed by atoms with van der Waals surface area (Å²) in [5, 5.41) is 8.73. The van der Waals surface area contributed by atoms with Crippen molar-refractivity contribution in [3.8, 4) is 5.75 Å². The first-order valence-electron chi connectivity index (χ1n) is 12.5. The molecule has 0 radical (unpaired) electrons. The normalized spacial score (nSPS) is 13.4. The first-order valence-corrected chi connectivity index (χ1v) is 13.3. The Labute approximate surface area is 224 Å². The summed E-state index contributed by atoms with van der Waals surface area (Å²) in [6.07, 6.45) is 4.18. The zero-order chi connectivity index (χ0) is 27.2. The van der Waals surface area contributed by atoms with Crippen LogP contribution in [0.2, 0.25) is 0 Å². The molecule has 2 aromatic carbocycles. The summed E-state index contributed by atoms with van der Waals surface area (Å²) in [7, 11) is 0. The lowest BCUT2D eigenvalue weighted by atomic mass is 10.1. The highest BCUT2D eigenvalue weighted by Crippen LogP contribution is 2.29. The van der Waals surface area contributed by atoms with Crippen molar-refractivity contribution in [2.24, 2.45) is 0 Å². The summed E-state index contributed by atoms with van der Waals surface area (Å²) >= 11 is 1.04. The molecule has 38 heavy (non-hydrogen) atoms. The summed E-state index contributed by atoms with van der Waals surface area (Å²) in [6.45, 7) is 5.33. The smallest absolute Gasteiger partial charge is 0.274 e. The van der Waals surface area contributed by atoms with Gasteiger partial charge in [0.15, 0.2) is 11.4 Å². The maximum Gasteiger partial charge on any atom is 0.274 e. The van der Waals surface area contributed by atoms with E-state index in [-0.39, 0.29) is 41.0 Å². The monoisotopic (exact) mass is 537 g/mol. The topological polar surface area (TPSA) is 75.4 Å². The van der Waals surface area contributed by atoms with Gasteiger partial charge in [0.2, 0.25) is 5.43 Å². The molecule has 0 unspecified atom stereocenters. The first kappa shape index (κ1) is 27.3. The number of nitrogens with zero attached hydrogens (tertiary/aromatic N) is 2.